The Hall–Kier alpha value is -3.23. The highest BCUT2D eigenvalue weighted by molar-refractivity contribution is 5.88. The zero-order valence-corrected chi connectivity index (χ0v) is 17.3. The Bertz CT molecular complexity index is 1040. The van der Waals surface area contributed by atoms with Gasteiger partial charge in [0, 0.05) is 12.6 Å². The van der Waals surface area contributed by atoms with Gasteiger partial charge in [0.05, 0.1) is 25.6 Å². The molecule has 1 amide bonds. The van der Waals surface area contributed by atoms with Crippen molar-refractivity contribution in [2.45, 2.75) is 43.8 Å². The Morgan fingerprint density at radius 2 is 1.91 bits per heavy atom. The zero-order valence-electron chi connectivity index (χ0n) is 17.3. The number of piperidine rings is 1. The summed E-state index contributed by atoms with van der Waals surface area (Å²) in [5.74, 6) is -6.66. The molecular formula is C23H22F3NO5. The topological polar surface area (TPSA) is 76.1 Å². The standard InChI is InChI=1S/C23H22F3NO5/c1-31-15-6-2-13(3-7-15)11-27-12-16(10-23(25,26)22(27)30)32-20-9-19(24)18(21(28)29)8-17(20)14-4-5-14/h2-3,6-9,14,16H,4-5,10-12H2,1H3,(H,28,29)/t16-/m1/s1. The van der Waals surface area contributed by atoms with Crippen LogP contribution < -0.4 is 9.47 Å². The Labute approximate surface area is 182 Å². The Balaban J connectivity index is 1.56. The van der Waals surface area contributed by atoms with Crippen LogP contribution >= 0.6 is 0 Å². The van der Waals surface area contributed by atoms with Crippen molar-refractivity contribution in [1.82, 2.24) is 4.90 Å². The lowest BCUT2D eigenvalue weighted by molar-refractivity contribution is -0.172. The maximum absolute atomic E-state index is 14.5. The molecule has 32 heavy (non-hydrogen) atoms. The van der Waals surface area contributed by atoms with Crippen LogP contribution in [0.5, 0.6) is 11.5 Å². The third-order valence-electron chi connectivity index (χ3n) is 5.68. The number of carboxylic acids is 1. The maximum atomic E-state index is 14.5. The Morgan fingerprint density at radius 1 is 1.22 bits per heavy atom. The first-order valence-corrected chi connectivity index (χ1v) is 10.2. The van der Waals surface area contributed by atoms with Gasteiger partial charge in [0.25, 0.3) is 5.91 Å². The van der Waals surface area contributed by atoms with Crippen molar-refractivity contribution in [1.29, 1.82) is 0 Å². The number of methoxy groups -OCH3 is 1. The van der Waals surface area contributed by atoms with Crippen molar-refractivity contribution in [2.24, 2.45) is 0 Å². The average Bonchev–Trinajstić information content (AvgIpc) is 3.57. The summed E-state index contributed by atoms with van der Waals surface area (Å²) in [5, 5.41) is 9.18. The predicted octanol–water partition coefficient (Wildman–Crippen LogP) is 4.23. The lowest BCUT2D eigenvalue weighted by Gasteiger charge is -2.37. The summed E-state index contributed by atoms with van der Waals surface area (Å²) in [6.45, 7) is -0.146. The normalized spacial score (nSPS) is 20.2. The number of nitrogens with zero attached hydrogens (tertiary/aromatic N) is 1. The molecule has 2 aliphatic rings. The molecular weight excluding hydrogens is 427 g/mol. The number of rotatable bonds is 7. The van der Waals surface area contributed by atoms with Gasteiger partial charge in [-0.1, -0.05) is 12.1 Å². The van der Waals surface area contributed by atoms with E-state index in [1.165, 1.54) is 13.2 Å². The highest BCUT2D eigenvalue weighted by atomic mass is 19.3. The number of amides is 1. The fourth-order valence-corrected chi connectivity index (χ4v) is 3.90. The lowest BCUT2D eigenvalue weighted by atomic mass is 10.0. The first kappa shape index (κ1) is 22.0. The van der Waals surface area contributed by atoms with Gasteiger partial charge in [-0.3, -0.25) is 4.79 Å². The van der Waals surface area contributed by atoms with Gasteiger partial charge in [0.15, 0.2) is 0 Å². The molecule has 1 aliphatic heterocycles. The lowest BCUT2D eigenvalue weighted by Crippen LogP contribution is -2.55. The summed E-state index contributed by atoms with van der Waals surface area (Å²) >= 11 is 0. The summed E-state index contributed by atoms with van der Waals surface area (Å²) in [4.78, 5) is 24.6. The van der Waals surface area contributed by atoms with E-state index in [1.54, 1.807) is 24.3 Å². The second-order valence-electron chi connectivity index (χ2n) is 8.13. The number of carbonyl (C=O) groups is 2. The SMILES string of the molecule is COc1ccc(CN2C[C@H](Oc3cc(F)c(C(=O)O)cc3C3CC3)CC(F)(F)C2=O)cc1. The van der Waals surface area contributed by atoms with Gasteiger partial charge in [-0.25, -0.2) is 9.18 Å². The molecule has 4 rings (SSSR count). The van der Waals surface area contributed by atoms with Gasteiger partial charge in [0.2, 0.25) is 0 Å². The minimum atomic E-state index is -3.63. The van der Waals surface area contributed by atoms with Crippen molar-refractivity contribution in [3.8, 4) is 11.5 Å². The van der Waals surface area contributed by atoms with Gasteiger partial charge in [-0.05, 0) is 48.1 Å². The first-order valence-electron chi connectivity index (χ1n) is 10.2. The monoisotopic (exact) mass is 449 g/mol. The van der Waals surface area contributed by atoms with E-state index in [0.29, 0.717) is 16.9 Å². The van der Waals surface area contributed by atoms with E-state index in [0.717, 1.165) is 23.8 Å². The molecule has 0 bridgehead atoms. The van der Waals surface area contributed by atoms with Crippen LogP contribution in [0.3, 0.4) is 0 Å². The molecule has 1 N–H and O–H groups in total. The smallest absolute Gasteiger partial charge is 0.338 e. The van der Waals surface area contributed by atoms with Crippen molar-refractivity contribution >= 4 is 11.9 Å². The van der Waals surface area contributed by atoms with Gasteiger partial charge < -0.3 is 19.5 Å². The molecule has 2 aromatic rings. The van der Waals surface area contributed by atoms with Gasteiger partial charge in [-0.15, -0.1) is 0 Å². The van der Waals surface area contributed by atoms with Gasteiger partial charge in [-0.2, -0.15) is 8.78 Å². The maximum Gasteiger partial charge on any atom is 0.338 e. The summed E-state index contributed by atoms with van der Waals surface area (Å²) in [7, 11) is 1.51. The highest BCUT2D eigenvalue weighted by Crippen LogP contribution is 2.46. The Kier molecular flexibility index (Phi) is 5.75. The number of likely N-dealkylation sites (tertiary alicyclic amines) is 1. The van der Waals surface area contributed by atoms with Crippen LogP contribution in [0.25, 0.3) is 0 Å². The van der Waals surface area contributed by atoms with Crippen molar-refractivity contribution in [2.75, 3.05) is 13.7 Å². The number of aromatic carboxylic acids is 1. The van der Waals surface area contributed by atoms with E-state index in [1.807, 2.05) is 0 Å². The van der Waals surface area contributed by atoms with E-state index < -0.39 is 41.7 Å². The predicted molar refractivity (Wildman–Crippen MR) is 108 cm³/mol. The van der Waals surface area contributed by atoms with Crippen LogP contribution in [0.2, 0.25) is 0 Å². The number of carbonyl (C=O) groups excluding carboxylic acids is 1. The second kappa shape index (κ2) is 8.37. The van der Waals surface area contributed by atoms with E-state index >= 15 is 0 Å². The minimum Gasteiger partial charge on any atom is -0.497 e. The minimum absolute atomic E-state index is 0.00448. The molecule has 0 spiro atoms. The van der Waals surface area contributed by atoms with E-state index in [4.69, 9.17) is 9.47 Å². The molecule has 0 radical (unpaired) electrons. The third kappa shape index (κ3) is 4.51. The molecule has 1 heterocycles. The number of hydrogen-bond acceptors (Lipinski definition) is 4. The highest BCUT2D eigenvalue weighted by Gasteiger charge is 2.49. The summed E-state index contributed by atoms with van der Waals surface area (Å²) in [5.41, 5.74) is 0.654. The summed E-state index contributed by atoms with van der Waals surface area (Å²) in [6.07, 6.45) is -0.348. The summed E-state index contributed by atoms with van der Waals surface area (Å²) in [6, 6.07) is 8.86. The average molecular weight is 449 g/mol. The van der Waals surface area contributed by atoms with Crippen LogP contribution in [-0.4, -0.2) is 47.6 Å². The molecule has 170 valence electrons. The number of halogens is 3. The van der Waals surface area contributed by atoms with E-state index in [-0.39, 0.29) is 24.8 Å². The van der Waals surface area contributed by atoms with E-state index in [9.17, 15) is 27.9 Å². The van der Waals surface area contributed by atoms with Gasteiger partial charge in [0.1, 0.15) is 23.4 Å². The van der Waals surface area contributed by atoms with Crippen LogP contribution in [0.1, 0.15) is 46.7 Å². The largest absolute Gasteiger partial charge is 0.497 e. The molecule has 1 atom stereocenters. The molecule has 1 aliphatic carbocycles. The molecule has 1 saturated heterocycles. The number of ether oxygens (including phenoxy) is 2. The number of carboxylic acid groups (broad SMARTS) is 1. The molecule has 6 nitrogen and oxygen atoms in total. The zero-order chi connectivity index (χ0) is 23.0. The van der Waals surface area contributed by atoms with Crippen LogP contribution in [0.4, 0.5) is 13.2 Å². The Morgan fingerprint density at radius 3 is 2.50 bits per heavy atom. The van der Waals surface area contributed by atoms with Gasteiger partial charge >= 0.3 is 11.9 Å². The molecule has 1 saturated carbocycles. The molecule has 2 fully saturated rings. The quantitative estimate of drug-likeness (QED) is 0.685. The van der Waals surface area contributed by atoms with Crippen molar-refractivity contribution in [3.05, 3.63) is 58.9 Å². The molecule has 0 unspecified atom stereocenters. The van der Waals surface area contributed by atoms with E-state index in [2.05, 4.69) is 0 Å². The first-order chi connectivity index (χ1) is 15.2. The molecule has 9 heteroatoms. The van der Waals surface area contributed by atoms with Crippen LogP contribution in [0.15, 0.2) is 36.4 Å². The molecule has 2 aromatic carbocycles. The number of hydrogen-bond donors (Lipinski definition) is 1. The van der Waals surface area contributed by atoms with Crippen molar-refractivity contribution in [3.63, 3.8) is 0 Å². The van der Waals surface area contributed by atoms with Crippen LogP contribution in [0, 0.1) is 5.82 Å². The van der Waals surface area contributed by atoms with Crippen molar-refractivity contribution < 1.29 is 37.3 Å². The van der Waals surface area contributed by atoms with Crippen LogP contribution in [-0.2, 0) is 11.3 Å². The number of alkyl halides is 2. The summed E-state index contributed by atoms with van der Waals surface area (Å²) < 4.78 is 54.1. The fourth-order valence-electron chi connectivity index (χ4n) is 3.90. The third-order valence-corrected chi connectivity index (χ3v) is 5.68. The second-order valence-corrected chi connectivity index (χ2v) is 8.13. The fraction of sp³-hybridized carbons (Fsp3) is 0.391. The number of benzene rings is 2. The molecule has 0 aromatic heterocycles.